The molecule has 17 heavy (non-hydrogen) atoms. The van der Waals surface area contributed by atoms with Gasteiger partial charge in [-0.2, -0.15) is 0 Å². The Bertz CT molecular complexity index is 419. The molecule has 0 unspecified atom stereocenters. The third kappa shape index (κ3) is 3.18. The molecule has 0 aliphatic carbocycles. The van der Waals surface area contributed by atoms with Gasteiger partial charge in [-0.25, -0.2) is 0 Å². The van der Waals surface area contributed by atoms with Gasteiger partial charge in [-0.1, -0.05) is 18.3 Å². The van der Waals surface area contributed by atoms with Gasteiger partial charge in [-0.15, -0.1) is 0 Å². The van der Waals surface area contributed by atoms with Crippen LogP contribution in [-0.4, -0.2) is 24.2 Å². The Hall–Kier alpha value is -0.650. The van der Waals surface area contributed by atoms with Crippen LogP contribution in [0.4, 0.5) is 5.69 Å². The van der Waals surface area contributed by atoms with E-state index in [9.17, 15) is 0 Å². The quantitative estimate of drug-likeness (QED) is 0.842. The van der Waals surface area contributed by atoms with Crippen molar-refractivity contribution < 1.29 is 4.74 Å². The van der Waals surface area contributed by atoms with Crippen molar-refractivity contribution in [1.82, 2.24) is 0 Å². The van der Waals surface area contributed by atoms with Gasteiger partial charge in [0, 0.05) is 35.0 Å². The van der Waals surface area contributed by atoms with Crippen LogP contribution in [0.15, 0.2) is 22.7 Å². The smallest absolute Gasteiger partial charge is 0.107 e. The zero-order valence-electron chi connectivity index (χ0n) is 9.41. The van der Waals surface area contributed by atoms with Crippen LogP contribution in [0.2, 0.25) is 0 Å². The van der Waals surface area contributed by atoms with Crippen molar-refractivity contribution in [3.63, 3.8) is 0 Å². The Balaban J connectivity index is 2.19. The number of ether oxygens (including phenoxy) is 1. The summed E-state index contributed by atoms with van der Waals surface area (Å²) in [5, 5.41) is 3.49. The van der Waals surface area contributed by atoms with E-state index in [2.05, 4.69) is 21.2 Å². The summed E-state index contributed by atoms with van der Waals surface area (Å²) in [6.07, 6.45) is 2.03. The zero-order valence-corrected chi connectivity index (χ0v) is 11.8. The first-order chi connectivity index (χ1) is 8.18. The van der Waals surface area contributed by atoms with E-state index in [4.69, 9.17) is 22.7 Å². The maximum atomic E-state index is 5.76. The largest absolute Gasteiger partial charge is 0.389 e. The van der Waals surface area contributed by atoms with Gasteiger partial charge in [0.1, 0.15) is 4.99 Å². The van der Waals surface area contributed by atoms with Crippen LogP contribution < -0.4 is 11.1 Å². The topological polar surface area (TPSA) is 47.3 Å². The van der Waals surface area contributed by atoms with E-state index in [0.717, 1.165) is 41.8 Å². The molecule has 0 radical (unpaired) electrons. The molecule has 92 valence electrons. The zero-order chi connectivity index (χ0) is 12.3. The summed E-state index contributed by atoms with van der Waals surface area (Å²) in [5.74, 6) is 0. The molecule has 0 atom stereocenters. The molecule has 1 aliphatic heterocycles. The van der Waals surface area contributed by atoms with Crippen molar-refractivity contribution in [1.29, 1.82) is 0 Å². The number of nitrogens with one attached hydrogen (secondary N) is 1. The highest BCUT2D eigenvalue weighted by atomic mass is 79.9. The minimum atomic E-state index is 0.409. The normalized spacial score (nSPS) is 16.8. The standard InChI is InChI=1S/C12H15BrN2OS/c13-9-2-1-3-10(11(9)12(14)17)15-8-4-6-16-7-5-8/h1-3,8,15H,4-7H2,(H2,14,17). The Morgan fingerprint density at radius 3 is 2.76 bits per heavy atom. The maximum absolute atomic E-state index is 5.76. The van der Waals surface area contributed by atoms with Crippen molar-refractivity contribution in [2.45, 2.75) is 18.9 Å². The van der Waals surface area contributed by atoms with Crippen LogP contribution >= 0.6 is 28.1 Å². The maximum Gasteiger partial charge on any atom is 0.107 e. The van der Waals surface area contributed by atoms with Gasteiger partial charge in [0.2, 0.25) is 0 Å². The molecular formula is C12H15BrN2OS. The number of hydrogen-bond donors (Lipinski definition) is 2. The van der Waals surface area contributed by atoms with Gasteiger partial charge >= 0.3 is 0 Å². The lowest BCUT2D eigenvalue weighted by atomic mass is 10.1. The Labute approximate surface area is 115 Å². The molecule has 1 aromatic rings. The van der Waals surface area contributed by atoms with Gasteiger partial charge < -0.3 is 15.8 Å². The van der Waals surface area contributed by atoms with Crippen LogP contribution in [0.3, 0.4) is 0 Å². The average Bonchev–Trinajstić information content (AvgIpc) is 2.30. The van der Waals surface area contributed by atoms with Crippen LogP contribution in [0, 0.1) is 0 Å². The molecule has 5 heteroatoms. The molecule has 3 nitrogen and oxygen atoms in total. The van der Waals surface area contributed by atoms with Gasteiger partial charge in [-0.3, -0.25) is 0 Å². The summed E-state index contributed by atoms with van der Waals surface area (Å²) >= 11 is 8.57. The molecule has 1 fully saturated rings. The lowest BCUT2D eigenvalue weighted by Crippen LogP contribution is -2.29. The number of thiocarbonyl (C=S) groups is 1. The highest BCUT2D eigenvalue weighted by Crippen LogP contribution is 2.26. The summed E-state index contributed by atoms with van der Waals surface area (Å²) in [5.41, 5.74) is 7.64. The van der Waals surface area contributed by atoms with E-state index in [1.165, 1.54) is 0 Å². The Morgan fingerprint density at radius 1 is 1.41 bits per heavy atom. The molecule has 0 aromatic heterocycles. The molecule has 0 spiro atoms. The van der Waals surface area contributed by atoms with Crippen LogP contribution in [-0.2, 0) is 4.74 Å². The molecule has 0 bridgehead atoms. The number of nitrogens with two attached hydrogens (primary N) is 1. The second kappa shape index (κ2) is 5.80. The highest BCUT2D eigenvalue weighted by molar-refractivity contribution is 9.10. The van der Waals surface area contributed by atoms with E-state index in [-0.39, 0.29) is 0 Å². The van der Waals surface area contributed by atoms with E-state index >= 15 is 0 Å². The first kappa shape index (κ1) is 12.8. The third-order valence-corrected chi connectivity index (χ3v) is 3.71. The van der Waals surface area contributed by atoms with Crippen molar-refractivity contribution in [3.05, 3.63) is 28.2 Å². The summed E-state index contributed by atoms with van der Waals surface area (Å²) in [4.78, 5) is 0.409. The molecule has 0 amide bonds. The van der Waals surface area contributed by atoms with Crippen molar-refractivity contribution >= 4 is 38.8 Å². The number of anilines is 1. The lowest BCUT2D eigenvalue weighted by Gasteiger charge is -2.25. The molecule has 1 saturated heterocycles. The Kier molecular flexibility index (Phi) is 4.36. The number of benzene rings is 1. The second-order valence-electron chi connectivity index (χ2n) is 4.06. The summed E-state index contributed by atoms with van der Waals surface area (Å²) in [6.45, 7) is 1.63. The molecule has 1 heterocycles. The molecule has 2 rings (SSSR count). The van der Waals surface area contributed by atoms with Gasteiger partial charge in [0.05, 0.1) is 0 Å². The summed E-state index contributed by atoms with van der Waals surface area (Å²) < 4.78 is 6.27. The average molecular weight is 315 g/mol. The predicted molar refractivity (Wildman–Crippen MR) is 77.5 cm³/mol. The van der Waals surface area contributed by atoms with Gasteiger partial charge in [-0.05, 0) is 40.9 Å². The van der Waals surface area contributed by atoms with Crippen LogP contribution in [0.5, 0.6) is 0 Å². The predicted octanol–water partition coefficient (Wildman–Crippen LogP) is 2.67. The number of rotatable bonds is 3. The van der Waals surface area contributed by atoms with Crippen molar-refractivity contribution in [2.24, 2.45) is 5.73 Å². The van der Waals surface area contributed by atoms with Crippen molar-refractivity contribution in [2.75, 3.05) is 18.5 Å². The minimum absolute atomic E-state index is 0.409. The molecule has 0 saturated carbocycles. The van der Waals surface area contributed by atoms with E-state index in [1.807, 2.05) is 18.2 Å². The first-order valence-electron chi connectivity index (χ1n) is 5.61. The fourth-order valence-electron chi connectivity index (χ4n) is 1.96. The number of halogens is 1. The lowest BCUT2D eigenvalue weighted by molar-refractivity contribution is 0.0904. The molecule has 1 aliphatic rings. The third-order valence-electron chi connectivity index (χ3n) is 2.84. The minimum Gasteiger partial charge on any atom is -0.389 e. The van der Waals surface area contributed by atoms with Crippen LogP contribution in [0.1, 0.15) is 18.4 Å². The first-order valence-corrected chi connectivity index (χ1v) is 6.81. The monoisotopic (exact) mass is 314 g/mol. The molecular weight excluding hydrogens is 300 g/mol. The SMILES string of the molecule is NC(=S)c1c(Br)cccc1NC1CCOCC1. The summed E-state index contributed by atoms with van der Waals surface area (Å²) in [6, 6.07) is 6.37. The number of hydrogen-bond acceptors (Lipinski definition) is 3. The van der Waals surface area contributed by atoms with Crippen molar-refractivity contribution in [3.8, 4) is 0 Å². The van der Waals surface area contributed by atoms with E-state index in [0.29, 0.717) is 11.0 Å². The highest BCUT2D eigenvalue weighted by Gasteiger charge is 2.16. The fraction of sp³-hybridized carbons (Fsp3) is 0.417. The molecule has 1 aromatic carbocycles. The molecule has 3 N–H and O–H groups in total. The van der Waals surface area contributed by atoms with E-state index < -0.39 is 0 Å². The Morgan fingerprint density at radius 2 is 2.12 bits per heavy atom. The second-order valence-corrected chi connectivity index (χ2v) is 5.35. The summed E-state index contributed by atoms with van der Waals surface area (Å²) in [7, 11) is 0. The fourth-order valence-corrected chi connectivity index (χ4v) is 2.89. The van der Waals surface area contributed by atoms with E-state index in [1.54, 1.807) is 0 Å². The van der Waals surface area contributed by atoms with Crippen LogP contribution in [0.25, 0.3) is 0 Å². The van der Waals surface area contributed by atoms with Gasteiger partial charge in [0.25, 0.3) is 0 Å². The van der Waals surface area contributed by atoms with Gasteiger partial charge in [0.15, 0.2) is 0 Å².